The van der Waals surface area contributed by atoms with Gasteiger partial charge in [-0.25, -0.2) is 0 Å². The van der Waals surface area contributed by atoms with Crippen LogP contribution in [-0.2, 0) is 9.59 Å². The standard InChI is InChI=1S/C22H25N3O5/c1-4-30-17-8-6-15(7-9-17)21(27)23-24-22(28)16-12-20(26)25(13-16)18-11-14(2)5-10-19(18)29-3/h5-11,16H,4,12-13H2,1-3H3,(H,23,27)(H,24,28). The maximum absolute atomic E-state index is 12.5. The zero-order chi connectivity index (χ0) is 21.7. The summed E-state index contributed by atoms with van der Waals surface area (Å²) in [5.41, 5.74) is 6.81. The molecule has 0 aliphatic carbocycles. The molecule has 1 unspecified atom stereocenters. The first-order chi connectivity index (χ1) is 14.4. The van der Waals surface area contributed by atoms with Crippen molar-refractivity contribution in [3.05, 3.63) is 53.6 Å². The summed E-state index contributed by atoms with van der Waals surface area (Å²) in [4.78, 5) is 38.8. The molecule has 3 rings (SSSR count). The number of nitrogens with zero attached hydrogens (tertiary/aromatic N) is 1. The number of carbonyl (C=O) groups excluding carboxylic acids is 3. The molecule has 8 heteroatoms. The van der Waals surface area contributed by atoms with Crippen LogP contribution in [0.4, 0.5) is 5.69 Å². The molecule has 1 saturated heterocycles. The Morgan fingerprint density at radius 3 is 2.53 bits per heavy atom. The lowest BCUT2D eigenvalue weighted by Crippen LogP contribution is -2.45. The third-order valence-electron chi connectivity index (χ3n) is 4.85. The molecule has 158 valence electrons. The van der Waals surface area contributed by atoms with E-state index in [1.54, 1.807) is 35.2 Å². The number of amides is 3. The van der Waals surface area contributed by atoms with Crippen LogP contribution in [0.15, 0.2) is 42.5 Å². The fourth-order valence-electron chi connectivity index (χ4n) is 3.29. The largest absolute Gasteiger partial charge is 0.495 e. The van der Waals surface area contributed by atoms with Crippen LogP contribution in [0.5, 0.6) is 11.5 Å². The minimum atomic E-state index is -0.580. The predicted octanol–water partition coefficient (Wildman–Crippen LogP) is 2.22. The number of hydrogen-bond acceptors (Lipinski definition) is 5. The third-order valence-corrected chi connectivity index (χ3v) is 4.85. The molecule has 1 heterocycles. The lowest BCUT2D eigenvalue weighted by atomic mass is 10.1. The number of benzene rings is 2. The zero-order valence-corrected chi connectivity index (χ0v) is 17.2. The first-order valence-corrected chi connectivity index (χ1v) is 9.71. The summed E-state index contributed by atoms with van der Waals surface area (Å²) >= 11 is 0. The zero-order valence-electron chi connectivity index (χ0n) is 17.2. The fraction of sp³-hybridized carbons (Fsp3) is 0.318. The Bertz CT molecular complexity index is 942. The Balaban J connectivity index is 1.59. The van der Waals surface area contributed by atoms with Gasteiger partial charge in [0.15, 0.2) is 0 Å². The molecule has 2 aromatic carbocycles. The number of methoxy groups -OCH3 is 1. The normalized spacial score (nSPS) is 15.6. The number of ether oxygens (including phenoxy) is 2. The van der Waals surface area contributed by atoms with Crippen molar-refractivity contribution in [2.45, 2.75) is 20.3 Å². The van der Waals surface area contributed by atoms with Crippen molar-refractivity contribution in [1.82, 2.24) is 10.9 Å². The number of hydrazine groups is 1. The highest BCUT2D eigenvalue weighted by molar-refractivity contribution is 6.02. The van der Waals surface area contributed by atoms with Crippen molar-refractivity contribution in [2.24, 2.45) is 5.92 Å². The van der Waals surface area contributed by atoms with Crippen LogP contribution < -0.4 is 25.2 Å². The SMILES string of the molecule is CCOc1ccc(C(=O)NNC(=O)C2CC(=O)N(c3cc(C)ccc3OC)C2)cc1. The molecule has 1 aliphatic rings. The second-order valence-electron chi connectivity index (χ2n) is 6.98. The smallest absolute Gasteiger partial charge is 0.269 e. The molecular weight excluding hydrogens is 386 g/mol. The van der Waals surface area contributed by atoms with Crippen LogP contribution in [0, 0.1) is 12.8 Å². The van der Waals surface area contributed by atoms with Gasteiger partial charge in [0.1, 0.15) is 11.5 Å². The van der Waals surface area contributed by atoms with Crippen LogP contribution >= 0.6 is 0 Å². The molecule has 8 nitrogen and oxygen atoms in total. The maximum Gasteiger partial charge on any atom is 0.269 e. The number of anilines is 1. The van der Waals surface area contributed by atoms with Gasteiger partial charge in [0.2, 0.25) is 11.8 Å². The number of aryl methyl sites for hydroxylation is 1. The van der Waals surface area contributed by atoms with Gasteiger partial charge < -0.3 is 14.4 Å². The van der Waals surface area contributed by atoms with E-state index in [2.05, 4.69) is 10.9 Å². The third kappa shape index (κ3) is 4.71. The molecular formula is C22H25N3O5. The van der Waals surface area contributed by atoms with E-state index in [-0.39, 0.29) is 18.9 Å². The molecule has 2 N–H and O–H groups in total. The van der Waals surface area contributed by atoms with E-state index in [1.807, 2.05) is 26.0 Å². The summed E-state index contributed by atoms with van der Waals surface area (Å²) in [6.45, 7) is 4.54. The molecule has 30 heavy (non-hydrogen) atoms. The number of nitrogens with one attached hydrogen (secondary N) is 2. The lowest BCUT2D eigenvalue weighted by molar-refractivity contribution is -0.126. The number of carbonyl (C=O) groups is 3. The molecule has 0 spiro atoms. The highest BCUT2D eigenvalue weighted by atomic mass is 16.5. The molecule has 1 fully saturated rings. The maximum atomic E-state index is 12.5. The monoisotopic (exact) mass is 411 g/mol. The molecule has 1 aliphatic heterocycles. The van der Waals surface area contributed by atoms with Crippen LogP contribution in [0.2, 0.25) is 0 Å². The molecule has 0 radical (unpaired) electrons. The van der Waals surface area contributed by atoms with Gasteiger partial charge in [-0.3, -0.25) is 25.2 Å². The Labute approximate surface area is 175 Å². The van der Waals surface area contributed by atoms with E-state index < -0.39 is 17.7 Å². The minimum absolute atomic E-state index is 0.0574. The Kier molecular flexibility index (Phi) is 6.56. The van der Waals surface area contributed by atoms with Gasteiger partial charge in [0, 0.05) is 18.5 Å². The predicted molar refractivity (Wildman–Crippen MR) is 111 cm³/mol. The van der Waals surface area contributed by atoms with E-state index in [9.17, 15) is 14.4 Å². The highest BCUT2D eigenvalue weighted by Gasteiger charge is 2.36. The summed E-state index contributed by atoms with van der Waals surface area (Å²) in [7, 11) is 1.54. The number of rotatable bonds is 6. The average molecular weight is 411 g/mol. The van der Waals surface area contributed by atoms with Crippen LogP contribution in [-0.4, -0.2) is 38.0 Å². The van der Waals surface area contributed by atoms with Gasteiger partial charge in [0.25, 0.3) is 5.91 Å². The molecule has 0 aromatic heterocycles. The van der Waals surface area contributed by atoms with E-state index in [1.165, 1.54) is 7.11 Å². The Morgan fingerprint density at radius 1 is 1.13 bits per heavy atom. The quantitative estimate of drug-likeness (QED) is 0.711. The first kappa shape index (κ1) is 21.2. The molecule has 0 bridgehead atoms. The second kappa shape index (κ2) is 9.30. The van der Waals surface area contributed by atoms with Crippen LogP contribution in [0.1, 0.15) is 29.3 Å². The van der Waals surface area contributed by atoms with E-state index in [4.69, 9.17) is 9.47 Å². The topological polar surface area (TPSA) is 97.0 Å². The summed E-state index contributed by atoms with van der Waals surface area (Å²) in [5, 5.41) is 0. The summed E-state index contributed by atoms with van der Waals surface area (Å²) < 4.78 is 10.7. The highest BCUT2D eigenvalue weighted by Crippen LogP contribution is 2.33. The van der Waals surface area contributed by atoms with Gasteiger partial charge in [-0.2, -0.15) is 0 Å². The first-order valence-electron chi connectivity index (χ1n) is 9.71. The van der Waals surface area contributed by atoms with Gasteiger partial charge in [-0.05, 0) is 55.8 Å². The molecule has 1 atom stereocenters. The van der Waals surface area contributed by atoms with Gasteiger partial charge >= 0.3 is 0 Å². The Morgan fingerprint density at radius 2 is 1.87 bits per heavy atom. The fourth-order valence-corrected chi connectivity index (χ4v) is 3.29. The molecule has 0 saturated carbocycles. The van der Waals surface area contributed by atoms with Crippen molar-refractivity contribution in [1.29, 1.82) is 0 Å². The number of hydrogen-bond donors (Lipinski definition) is 2. The second-order valence-corrected chi connectivity index (χ2v) is 6.98. The summed E-state index contributed by atoms with van der Waals surface area (Å²) in [5.74, 6) is -0.391. The summed E-state index contributed by atoms with van der Waals surface area (Å²) in [6.07, 6.45) is 0.0574. The van der Waals surface area contributed by atoms with Gasteiger partial charge in [0.05, 0.1) is 25.3 Å². The summed E-state index contributed by atoms with van der Waals surface area (Å²) in [6, 6.07) is 12.1. The van der Waals surface area contributed by atoms with Crippen molar-refractivity contribution < 1.29 is 23.9 Å². The van der Waals surface area contributed by atoms with Crippen molar-refractivity contribution in [2.75, 3.05) is 25.2 Å². The van der Waals surface area contributed by atoms with E-state index >= 15 is 0 Å². The minimum Gasteiger partial charge on any atom is -0.495 e. The van der Waals surface area contributed by atoms with Crippen LogP contribution in [0.25, 0.3) is 0 Å². The van der Waals surface area contributed by atoms with Crippen molar-refractivity contribution in [3.8, 4) is 11.5 Å². The van der Waals surface area contributed by atoms with E-state index in [0.29, 0.717) is 29.4 Å². The van der Waals surface area contributed by atoms with E-state index in [0.717, 1.165) is 5.56 Å². The van der Waals surface area contributed by atoms with Crippen LogP contribution in [0.3, 0.4) is 0 Å². The molecule has 3 amide bonds. The molecule has 2 aromatic rings. The Hall–Kier alpha value is -3.55. The van der Waals surface area contributed by atoms with Crippen molar-refractivity contribution in [3.63, 3.8) is 0 Å². The lowest BCUT2D eigenvalue weighted by Gasteiger charge is -2.20. The van der Waals surface area contributed by atoms with Gasteiger partial charge in [-0.15, -0.1) is 0 Å². The van der Waals surface area contributed by atoms with Crippen molar-refractivity contribution >= 4 is 23.4 Å². The van der Waals surface area contributed by atoms with Gasteiger partial charge in [-0.1, -0.05) is 6.07 Å². The average Bonchev–Trinajstić information content (AvgIpc) is 3.14.